The van der Waals surface area contributed by atoms with E-state index >= 15 is 0 Å². The van der Waals surface area contributed by atoms with Crippen molar-refractivity contribution in [3.63, 3.8) is 0 Å². The Morgan fingerprint density at radius 1 is 1.40 bits per heavy atom. The number of carbonyl (C=O) groups excluding carboxylic acids is 1. The SMILES string of the molecule is CCc1ccc(C(=O)N2CCC(OCC(=O)O)CC2)s1. The lowest BCUT2D eigenvalue weighted by Crippen LogP contribution is -2.41. The van der Waals surface area contributed by atoms with Crippen LogP contribution in [0.1, 0.15) is 34.3 Å². The van der Waals surface area contributed by atoms with Crippen molar-refractivity contribution in [2.75, 3.05) is 19.7 Å². The Balaban J connectivity index is 1.84. The maximum absolute atomic E-state index is 12.3. The lowest BCUT2D eigenvalue weighted by Gasteiger charge is -2.31. The number of nitrogens with zero attached hydrogens (tertiary/aromatic N) is 1. The van der Waals surface area contributed by atoms with E-state index in [1.807, 2.05) is 17.0 Å². The van der Waals surface area contributed by atoms with Crippen LogP contribution in [0.25, 0.3) is 0 Å². The molecule has 6 heteroatoms. The summed E-state index contributed by atoms with van der Waals surface area (Å²) in [5.41, 5.74) is 0. The van der Waals surface area contributed by atoms with Crippen molar-refractivity contribution in [1.82, 2.24) is 4.90 Å². The summed E-state index contributed by atoms with van der Waals surface area (Å²) in [6.07, 6.45) is 2.30. The fraction of sp³-hybridized carbons (Fsp3) is 0.571. The van der Waals surface area contributed by atoms with Crippen molar-refractivity contribution in [3.8, 4) is 0 Å². The minimum absolute atomic E-state index is 0.0512. The van der Waals surface area contributed by atoms with Gasteiger partial charge in [-0.25, -0.2) is 4.79 Å². The van der Waals surface area contributed by atoms with E-state index in [9.17, 15) is 9.59 Å². The summed E-state index contributed by atoms with van der Waals surface area (Å²) in [6, 6.07) is 3.89. The number of ether oxygens (including phenoxy) is 1. The van der Waals surface area contributed by atoms with Crippen molar-refractivity contribution in [1.29, 1.82) is 0 Å². The maximum Gasteiger partial charge on any atom is 0.329 e. The molecule has 1 amide bonds. The van der Waals surface area contributed by atoms with Gasteiger partial charge in [0.05, 0.1) is 11.0 Å². The summed E-state index contributed by atoms with van der Waals surface area (Å²) in [4.78, 5) is 26.6. The van der Waals surface area contributed by atoms with Crippen LogP contribution in [0.5, 0.6) is 0 Å². The number of amides is 1. The number of aliphatic carboxylic acids is 1. The summed E-state index contributed by atoms with van der Waals surface area (Å²) in [5.74, 6) is -0.874. The predicted octanol–water partition coefficient (Wildman–Crippen LogP) is 2.02. The summed E-state index contributed by atoms with van der Waals surface area (Å²) in [5, 5.41) is 8.57. The summed E-state index contributed by atoms with van der Waals surface area (Å²) >= 11 is 1.55. The van der Waals surface area contributed by atoms with Crippen LogP contribution in [0.4, 0.5) is 0 Å². The zero-order chi connectivity index (χ0) is 14.5. The zero-order valence-electron chi connectivity index (χ0n) is 11.5. The van der Waals surface area contributed by atoms with Gasteiger partial charge in [-0.15, -0.1) is 11.3 Å². The fourth-order valence-corrected chi connectivity index (χ4v) is 3.17. The van der Waals surface area contributed by atoms with Crippen LogP contribution in [-0.2, 0) is 16.0 Å². The predicted molar refractivity (Wildman–Crippen MR) is 76.2 cm³/mol. The van der Waals surface area contributed by atoms with Gasteiger partial charge in [0.2, 0.25) is 0 Å². The van der Waals surface area contributed by atoms with E-state index in [0.717, 1.165) is 11.3 Å². The van der Waals surface area contributed by atoms with E-state index in [4.69, 9.17) is 9.84 Å². The molecular weight excluding hydrogens is 278 g/mol. The fourth-order valence-electron chi connectivity index (χ4n) is 2.25. The van der Waals surface area contributed by atoms with Crippen molar-refractivity contribution < 1.29 is 19.4 Å². The quantitative estimate of drug-likeness (QED) is 0.903. The molecule has 0 radical (unpaired) electrons. The van der Waals surface area contributed by atoms with Gasteiger partial charge < -0.3 is 14.7 Å². The van der Waals surface area contributed by atoms with Crippen molar-refractivity contribution in [2.45, 2.75) is 32.3 Å². The Morgan fingerprint density at radius 3 is 2.65 bits per heavy atom. The second kappa shape index (κ2) is 6.85. The number of carboxylic acid groups (broad SMARTS) is 1. The molecule has 0 aliphatic carbocycles. The number of rotatable bonds is 5. The highest BCUT2D eigenvalue weighted by Crippen LogP contribution is 2.21. The average molecular weight is 297 g/mol. The van der Waals surface area contributed by atoms with Crippen LogP contribution in [0.2, 0.25) is 0 Å². The van der Waals surface area contributed by atoms with Gasteiger partial charge in [0.15, 0.2) is 0 Å². The van der Waals surface area contributed by atoms with Crippen LogP contribution in [0.15, 0.2) is 12.1 Å². The second-order valence-electron chi connectivity index (χ2n) is 4.82. The normalized spacial score (nSPS) is 16.4. The molecule has 110 valence electrons. The molecule has 5 nitrogen and oxygen atoms in total. The number of likely N-dealkylation sites (tertiary alicyclic amines) is 1. The molecule has 0 unspecified atom stereocenters. The van der Waals surface area contributed by atoms with Crippen molar-refractivity contribution in [3.05, 3.63) is 21.9 Å². The molecule has 1 aliphatic heterocycles. The summed E-state index contributed by atoms with van der Waals surface area (Å²) in [7, 11) is 0. The standard InChI is InChI=1S/C14H19NO4S/c1-2-11-3-4-12(20-11)14(18)15-7-5-10(6-8-15)19-9-13(16)17/h3-4,10H,2,5-9H2,1H3,(H,16,17). The Morgan fingerprint density at radius 2 is 2.10 bits per heavy atom. The Kier molecular flexibility index (Phi) is 5.14. The van der Waals surface area contributed by atoms with Crippen molar-refractivity contribution >= 4 is 23.2 Å². The third-order valence-corrected chi connectivity index (χ3v) is 4.61. The van der Waals surface area contributed by atoms with Crippen molar-refractivity contribution in [2.24, 2.45) is 0 Å². The molecule has 2 heterocycles. The molecule has 1 aromatic heterocycles. The minimum atomic E-state index is -0.950. The molecule has 1 aromatic rings. The highest BCUT2D eigenvalue weighted by atomic mass is 32.1. The number of aryl methyl sites for hydroxylation is 1. The van der Waals surface area contributed by atoms with E-state index in [2.05, 4.69) is 6.92 Å². The molecule has 20 heavy (non-hydrogen) atoms. The van der Waals surface area contributed by atoms with Crippen LogP contribution < -0.4 is 0 Å². The molecule has 1 saturated heterocycles. The van der Waals surface area contributed by atoms with E-state index in [1.54, 1.807) is 11.3 Å². The Bertz CT molecular complexity index is 477. The van der Waals surface area contributed by atoms with Crippen LogP contribution >= 0.6 is 11.3 Å². The molecule has 2 rings (SSSR count). The van der Waals surface area contributed by atoms with Gasteiger partial charge in [-0.05, 0) is 31.4 Å². The smallest absolute Gasteiger partial charge is 0.329 e. The third-order valence-electron chi connectivity index (χ3n) is 3.39. The van der Waals surface area contributed by atoms with Crippen LogP contribution in [-0.4, -0.2) is 47.7 Å². The molecular formula is C14H19NO4S. The lowest BCUT2D eigenvalue weighted by molar-refractivity contribution is -0.145. The Hall–Kier alpha value is -1.40. The first-order valence-electron chi connectivity index (χ1n) is 6.81. The summed E-state index contributed by atoms with van der Waals surface area (Å²) < 4.78 is 5.26. The number of hydrogen-bond donors (Lipinski definition) is 1. The Labute approximate surface area is 122 Å². The van der Waals surface area contributed by atoms with E-state index in [-0.39, 0.29) is 18.6 Å². The number of thiophene rings is 1. The van der Waals surface area contributed by atoms with Gasteiger partial charge in [-0.2, -0.15) is 0 Å². The first-order chi connectivity index (χ1) is 9.60. The van der Waals surface area contributed by atoms with E-state index in [0.29, 0.717) is 25.9 Å². The third kappa shape index (κ3) is 3.80. The second-order valence-corrected chi connectivity index (χ2v) is 5.98. The highest BCUT2D eigenvalue weighted by Gasteiger charge is 2.25. The number of piperidine rings is 1. The molecule has 1 fully saturated rings. The minimum Gasteiger partial charge on any atom is -0.480 e. The van der Waals surface area contributed by atoms with Gasteiger partial charge in [0, 0.05) is 18.0 Å². The highest BCUT2D eigenvalue weighted by molar-refractivity contribution is 7.14. The molecule has 0 saturated carbocycles. The lowest BCUT2D eigenvalue weighted by atomic mass is 10.1. The molecule has 0 spiro atoms. The molecule has 0 aromatic carbocycles. The van der Waals surface area contributed by atoms with Gasteiger partial charge >= 0.3 is 5.97 Å². The molecule has 0 bridgehead atoms. The number of carbonyl (C=O) groups is 2. The molecule has 0 atom stereocenters. The van der Waals surface area contributed by atoms with Crippen LogP contribution in [0, 0.1) is 0 Å². The van der Waals surface area contributed by atoms with Gasteiger partial charge in [0.1, 0.15) is 6.61 Å². The first-order valence-corrected chi connectivity index (χ1v) is 7.63. The molecule has 1 N–H and O–H groups in total. The largest absolute Gasteiger partial charge is 0.480 e. The van der Waals surface area contributed by atoms with Gasteiger partial charge in [-0.3, -0.25) is 4.79 Å². The zero-order valence-corrected chi connectivity index (χ0v) is 12.3. The maximum atomic E-state index is 12.3. The average Bonchev–Trinajstić information content (AvgIpc) is 2.94. The van der Waals surface area contributed by atoms with E-state index < -0.39 is 5.97 Å². The number of hydrogen-bond acceptors (Lipinski definition) is 4. The summed E-state index contributed by atoms with van der Waals surface area (Å²) in [6.45, 7) is 3.07. The van der Waals surface area contributed by atoms with Gasteiger partial charge in [0.25, 0.3) is 5.91 Å². The molecule has 1 aliphatic rings. The van der Waals surface area contributed by atoms with Crippen LogP contribution in [0.3, 0.4) is 0 Å². The number of carboxylic acids is 1. The van der Waals surface area contributed by atoms with Gasteiger partial charge in [-0.1, -0.05) is 6.92 Å². The monoisotopic (exact) mass is 297 g/mol. The topological polar surface area (TPSA) is 66.8 Å². The first kappa shape index (κ1) is 15.0. The van der Waals surface area contributed by atoms with E-state index in [1.165, 1.54) is 4.88 Å².